The zero-order valence-electron chi connectivity index (χ0n) is 19.9. The molecule has 2 aromatic carbocycles. The van der Waals surface area contributed by atoms with Crippen LogP contribution in [0.15, 0.2) is 64.7 Å². The van der Waals surface area contributed by atoms with Gasteiger partial charge in [0, 0.05) is 23.3 Å². The van der Waals surface area contributed by atoms with Gasteiger partial charge in [-0.15, -0.1) is 10.2 Å². The van der Waals surface area contributed by atoms with E-state index in [2.05, 4.69) is 15.2 Å². The number of para-hydroxylation sites is 1. The standard InChI is InChI=1S/C26H23N7OS/c1-15-8-7-11-21(18(15)4)32-23(34)20-9-5-6-10-22(20)33-25(32)29-30-26(33)35-14-19-13-31-17(3)12-16(2)27-24(31)28-19/h5-13H,14H2,1-4H3. The van der Waals surface area contributed by atoms with Gasteiger partial charge in [-0.25, -0.2) is 14.5 Å². The molecule has 0 N–H and O–H groups in total. The van der Waals surface area contributed by atoms with Gasteiger partial charge in [-0.3, -0.25) is 13.6 Å². The minimum atomic E-state index is -0.108. The third-order valence-corrected chi connectivity index (χ3v) is 7.33. The van der Waals surface area contributed by atoms with Crippen LogP contribution in [0.25, 0.3) is 28.1 Å². The fourth-order valence-electron chi connectivity index (χ4n) is 4.49. The average Bonchev–Trinajstić information content (AvgIpc) is 3.45. The molecule has 8 nitrogen and oxygen atoms in total. The minimum Gasteiger partial charge on any atom is -0.288 e. The van der Waals surface area contributed by atoms with Crippen LogP contribution >= 0.6 is 11.8 Å². The third-order valence-electron chi connectivity index (χ3n) is 6.37. The lowest BCUT2D eigenvalue weighted by molar-refractivity contribution is 0.927. The van der Waals surface area contributed by atoms with Crippen molar-refractivity contribution in [2.45, 2.75) is 38.6 Å². The molecular formula is C26H23N7OS. The highest BCUT2D eigenvalue weighted by atomic mass is 32.2. The summed E-state index contributed by atoms with van der Waals surface area (Å²) in [5, 5.41) is 10.3. The smallest absolute Gasteiger partial charge is 0.267 e. The Kier molecular flexibility index (Phi) is 4.96. The van der Waals surface area contributed by atoms with Gasteiger partial charge in [0.25, 0.3) is 5.56 Å². The maximum absolute atomic E-state index is 13.6. The normalized spacial score (nSPS) is 11.8. The lowest BCUT2D eigenvalue weighted by Crippen LogP contribution is -2.22. The van der Waals surface area contributed by atoms with Crippen molar-refractivity contribution < 1.29 is 0 Å². The molecule has 35 heavy (non-hydrogen) atoms. The van der Waals surface area contributed by atoms with Gasteiger partial charge in [0.2, 0.25) is 11.6 Å². The minimum absolute atomic E-state index is 0.108. The highest BCUT2D eigenvalue weighted by Gasteiger charge is 2.19. The van der Waals surface area contributed by atoms with E-state index in [-0.39, 0.29) is 5.56 Å². The molecule has 4 heterocycles. The van der Waals surface area contributed by atoms with Gasteiger partial charge in [-0.05, 0) is 63.1 Å². The van der Waals surface area contributed by atoms with E-state index < -0.39 is 0 Å². The van der Waals surface area contributed by atoms with Crippen molar-refractivity contribution in [1.82, 2.24) is 33.5 Å². The number of benzene rings is 2. The van der Waals surface area contributed by atoms with E-state index in [4.69, 9.17) is 4.98 Å². The molecule has 6 rings (SSSR count). The number of imidazole rings is 1. The maximum atomic E-state index is 13.6. The van der Waals surface area contributed by atoms with E-state index in [0.29, 0.717) is 27.9 Å². The van der Waals surface area contributed by atoms with Gasteiger partial charge in [0.05, 0.1) is 22.3 Å². The van der Waals surface area contributed by atoms with E-state index in [1.165, 1.54) is 11.8 Å². The van der Waals surface area contributed by atoms with Gasteiger partial charge in [0.15, 0.2) is 5.16 Å². The molecule has 0 aliphatic heterocycles. The SMILES string of the molecule is Cc1cc(C)n2cc(CSc3nnc4n(-c5cccc(C)c5C)c(=O)c5ccccc5n34)nc2n1. The number of aryl methyl sites for hydroxylation is 3. The fraction of sp³-hybridized carbons (Fsp3) is 0.192. The number of thioether (sulfide) groups is 1. The van der Waals surface area contributed by atoms with Crippen LogP contribution in [0.1, 0.15) is 28.2 Å². The van der Waals surface area contributed by atoms with Gasteiger partial charge in [-0.1, -0.05) is 36.0 Å². The Hall–Kier alpha value is -3.98. The summed E-state index contributed by atoms with van der Waals surface area (Å²) in [6, 6.07) is 15.6. The zero-order valence-corrected chi connectivity index (χ0v) is 20.7. The summed E-state index contributed by atoms with van der Waals surface area (Å²) >= 11 is 1.54. The van der Waals surface area contributed by atoms with Crippen molar-refractivity contribution in [3.8, 4) is 5.69 Å². The number of hydrogen-bond donors (Lipinski definition) is 0. The van der Waals surface area contributed by atoms with Crippen LogP contribution in [0.3, 0.4) is 0 Å². The average molecular weight is 482 g/mol. The number of rotatable bonds is 4. The monoisotopic (exact) mass is 481 g/mol. The van der Waals surface area contributed by atoms with Crippen molar-refractivity contribution >= 4 is 34.2 Å². The summed E-state index contributed by atoms with van der Waals surface area (Å²) in [5.41, 5.74) is 6.57. The van der Waals surface area contributed by atoms with E-state index >= 15 is 0 Å². The molecule has 0 aliphatic rings. The highest BCUT2D eigenvalue weighted by molar-refractivity contribution is 7.98. The number of nitrogens with zero attached hydrogens (tertiary/aromatic N) is 7. The molecule has 0 unspecified atom stereocenters. The van der Waals surface area contributed by atoms with Crippen LogP contribution in [0, 0.1) is 27.7 Å². The molecule has 0 radical (unpaired) electrons. The molecule has 0 bridgehead atoms. The Morgan fingerprint density at radius 3 is 2.63 bits per heavy atom. The predicted molar refractivity (Wildman–Crippen MR) is 138 cm³/mol. The number of aromatic nitrogens is 7. The van der Waals surface area contributed by atoms with Crippen molar-refractivity contribution in [3.63, 3.8) is 0 Å². The molecule has 6 aromatic rings. The van der Waals surface area contributed by atoms with Crippen molar-refractivity contribution in [1.29, 1.82) is 0 Å². The van der Waals surface area contributed by atoms with Crippen LogP contribution in [-0.4, -0.2) is 33.5 Å². The molecule has 0 atom stereocenters. The molecule has 0 saturated heterocycles. The van der Waals surface area contributed by atoms with Crippen LogP contribution < -0.4 is 5.56 Å². The highest BCUT2D eigenvalue weighted by Crippen LogP contribution is 2.27. The topological polar surface area (TPSA) is 82.4 Å². The van der Waals surface area contributed by atoms with Crippen LogP contribution in [0.2, 0.25) is 0 Å². The maximum Gasteiger partial charge on any atom is 0.267 e. The van der Waals surface area contributed by atoms with Crippen molar-refractivity contribution in [2.24, 2.45) is 0 Å². The summed E-state index contributed by atoms with van der Waals surface area (Å²) in [5.74, 6) is 1.78. The molecule has 0 aliphatic carbocycles. The fourth-order valence-corrected chi connectivity index (χ4v) is 5.32. The van der Waals surface area contributed by atoms with Crippen LogP contribution in [-0.2, 0) is 5.75 Å². The molecular weight excluding hydrogens is 458 g/mol. The first-order valence-electron chi connectivity index (χ1n) is 11.3. The molecule has 0 spiro atoms. The van der Waals surface area contributed by atoms with Crippen molar-refractivity contribution in [3.05, 3.63) is 93.3 Å². The Morgan fingerprint density at radius 1 is 0.943 bits per heavy atom. The number of fused-ring (bicyclic) bond motifs is 4. The van der Waals surface area contributed by atoms with E-state index in [9.17, 15) is 4.79 Å². The summed E-state index contributed by atoms with van der Waals surface area (Å²) in [4.78, 5) is 22.8. The van der Waals surface area contributed by atoms with E-state index in [1.807, 2.05) is 91.2 Å². The van der Waals surface area contributed by atoms with Gasteiger partial charge in [0.1, 0.15) is 0 Å². The second kappa shape index (κ2) is 8.06. The second-order valence-corrected chi connectivity index (χ2v) is 9.67. The molecule has 4 aromatic heterocycles. The quantitative estimate of drug-likeness (QED) is 0.342. The first-order chi connectivity index (χ1) is 16.9. The van der Waals surface area contributed by atoms with E-state index in [1.54, 1.807) is 4.57 Å². The summed E-state index contributed by atoms with van der Waals surface area (Å²) in [6.07, 6.45) is 2.01. The molecule has 0 amide bonds. The third kappa shape index (κ3) is 3.42. The van der Waals surface area contributed by atoms with Gasteiger partial charge in [-0.2, -0.15) is 0 Å². The Balaban J connectivity index is 1.51. The van der Waals surface area contributed by atoms with Crippen LogP contribution in [0.4, 0.5) is 0 Å². The lowest BCUT2D eigenvalue weighted by Gasteiger charge is -2.14. The predicted octanol–water partition coefficient (Wildman–Crippen LogP) is 4.60. The van der Waals surface area contributed by atoms with E-state index in [0.717, 1.165) is 39.4 Å². The summed E-state index contributed by atoms with van der Waals surface area (Å²) in [7, 11) is 0. The van der Waals surface area contributed by atoms with Crippen LogP contribution in [0.5, 0.6) is 0 Å². The molecule has 0 fully saturated rings. The number of hydrogen-bond acceptors (Lipinski definition) is 6. The second-order valence-electron chi connectivity index (χ2n) is 8.72. The lowest BCUT2D eigenvalue weighted by atomic mass is 10.1. The first-order valence-corrected chi connectivity index (χ1v) is 12.3. The first kappa shape index (κ1) is 21.5. The van der Waals surface area contributed by atoms with Gasteiger partial charge >= 0.3 is 0 Å². The summed E-state index contributed by atoms with van der Waals surface area (Å²) in [6.45, 7) is 8.08. The largest absolute Gasteiger partial charge is 0.288 e. The Morgan fingerprint density at radius 2 is 1.77 bits per heavy atom. The zero-order chi connectivity index (χ0) is 24.3. The molecule has 0 saturated carbocycles. The summed E-state index contributed by atoms with van der Waals surface area (Å²) < 4.78 is 5.63. The molecule has 174 valence electrons. The van der Waals surface area contributed by atoms with Crippen molar-refractivity contribution in [2.75, 3.05) is 0 Å². The Bertz CT molecular complexity index is 1830. The van der Waals surface area contributed by atoms with Gasteiger partial charge < -0.3 is 0 Å². The Labute approximate surface area is 205 Å². The molecule has 9 heteroatoms.